The van der Waals surface area contributed by atoms with Crippen molar-refractivity contribution in [3.05, 3.63) is 59.4 Å². The number of nitrogens with one attached hydrogen (secondary N) is 1. The van der Waals surface area contributed by atoms with Gasteiger partial charge in [0.25, 0.3) is 0 Å². The summed E-state index contributed by atoms with van der Waals surface area (Å²) in [5.41, 5.74) is 0.961. The molecule has 1 aromatic heterocycles. The molecule has 6 heteroatoms. The molecule has 1 saturated heterocycles. The molecule has 2 aromatic rings. The van der Waals surface area contributed by atoms with E-state index in [1.807, 2.05) is 6.92 Å². The number of aromatic nitrogens is 2. The van der Waals surface area contributed by atoms with Gasteiger partial charge < -0.3 is 10.1 Å². The molecule has 5 nitrogen and oxygen atoms in total. The van der Waals surface area contributed by atoms with Gasteiger partial charge in [0.2, 0.25) is 5.91 Å². The zero-order valence-electron chi connectivity index (χ0n) is 15.0. The second-order valence-corrected chi connectivity index (χ2v) is 6.82. The molecule has 1 amide bonds. The summed E-state index contributed by atoms with van der Waals surface area (Å²) in [6, 6.07) is 6.51. The first-order valence-corrected chi connectivity index (χ1v) is 9.02. The Morgan fingerprint density at radius 3 is 2.73 bits per heavy atom. The molecule has 26 heavy (non-hydrogen) atoms. The predicted molar refractivity (Wildman–Crippen MR) is 95.8 cm³/mol. The normalized spacial score (nSPS) is 19.9. The van der Waals surface area contributed by atoms with Crippen LogP contribution in [-0.2, 0) is 28.1 Å². The van der Waals surface area contributed by atoms with Gasteiger partial charge in [-0.05, 0) is 44.2 Å². The van der Waals surface area contributed by atoms with Crippen molar-refractivity contribution in [2.24, 2.45) is 0 Å². The fraction of sp³-hybridized carbons (Fsp3) is 0.450. The minimum atomic E-state index is -0.417. The monoisotopic (exact) mass is 357 g/mol. The van der Waals surface area contributed by atoms with Gasteiger partial charge in [-0.15, -0.1) is 0 Å². The van der Waals surface area contributed by atoms with Crippen molar-refractivity contribution in [3.63, 3.8) is 0 Å². The molecular formula is C20H24FN3O2. The lowest BCUT2D eigenvalue weighted by Gasteiger charge is -2.32. The minimum Gasteiger partial charge on any atom is -0.367 e. The van der Waals surface area contributed by atoms with Crippen LogP contribution in [0, 0.1) is 5.82 Å². The van der Waals surface area contributed by atoms with Crippen LogP contribution in [0.1, 0.15) is 49.6 Å². The van der Waals surface area contributed by atoms with Gasteiger partial charge in [-0.1, -0.05) is 18.2 Å². The molecule has 2 heterocycles. The van der Waals surface area contributed by atoms with Crippen molar-refractivity contribution in [1.29, 1.82) is 0 Å². The second-order valence-electron chi connectivity index (χ2n) is 6.82. The molecule has 3 rings (SSSR count). The zero-order chi connectivity index (χ0) is 18.4. The van der Waals surface area contributed by atoms with Gasteiger partial charge in [0.05, 0.1) is 0 Å². The maximum Gasteiger partial charge on any atom is 0.220 e. The number of carbonyl (C=O) groups is 1. The quantitative estimate of drug-likeness (QED) is 0.862. The van der Waals surface area contributed by atoms with Crippen LogP contribution in [0.2, 0.25) is 0 Å². The highest BCUT2D eigenvalue weighted by atomic mass is 19.1. The number of nitrogens with zero attached hydrogens (tertiary/aromatic N) is 2. The van der Waals surface area contributed by atoms with Crippen LogP contribution in [0.15, 0.2) is 36.7 Å². The maximum atomic E-state index is 13.6. The van der Waals surface area contributed by atoms with Crippen molar-refractivity contribution in [2.75, 3.05) is 6.61 Å². The fourth-order valence-electron chi connectivity index (χ4n) is 3.07. The number of benzene rings is 1. The van der Waals surface area contributed by atoms with E-state index in [9.17, 15) is 9.18 Å². The lowest BCUT2D eigenvalue weighted by Crippen LogP contribution is -2.32. The number of ether oxygens (including phenoxy) is 1. The third kappa shape index (κ3) is 4.64. The lowest BCUT2D eigenvalue weighted by atomic mass is 9.95. The number of hydrogen-bond acceptors (Lipinski definition) is 4. The van der Waals surface area contributed by atoms with E-state index in [2.05, 4.69) is 15.3 Å². The molecule has 1 atom stereocenters. The van der Waals surface area contributed by atoms with Crippen molar-refractivity contribution in [2.45, 2.75) is 51.2 Å². The van der Waals surface area contributed by atoms with E-state index in [0.717, 1.165) is 31.4 Å². The minimum absolute atomic E-state index is 0.125. The van der Waals surface area contributed by atoms with E-state index < -0.39 is 5.60 Å². The number of carbonyl (C=O) groups excluding carboxylic acids is 1. The molecule has 0 unspecified atom stereocenters. The molecule has 138 valence electrons. The molecule has 1 fully saturated rings. The second kappa shape index (κ2) is 8.36. The van der Waals surface area contributed by atoms with E-state index in [1.54, 1.807) is 30.6 Å². The highest BCUT2D eigenvalue weighted by molar-refractivity contribution is 5.76. The Morgan fingerprint density at radius 2 is 2.04 bits per heavy atom. The highest BCUT2D eigenvalue weighted by Gasteiger charge is 2.32. The Labute approximate surface area is 153 Å². The number of aryl methyl sites for hydroxylation is 1. The van der Waals surface area contributed by atoms with E-state index in [4.69, 9.17) is 4.74 Å². The summed E-state index contributed by atoms with van der Waals surface area (Å²) in [7, 11) is 0. The standard InChI is InChI=1S/C20H24FN3O2/c1-20(10-4-5-11-26-20)19-23-13-15(14-24-19)12-22-18(25)9-8-16-6-2-3-7-17(16)21/h2-3,6-7,13-14H,4-5,8-12H2,1H3,(H,22,25)/t20-/m0/s1. The summed E-state index contributed by atoms with van der Waals surface area (Å²) in [6.07, 6.45) is 7.17. The first-order chi connectivity index (χ1) is 12.6. The van der Waals surface area contributed by atoms with Crippen LogP contribution < -0.4 is 5.32 Å². The molecule has 1 aromatic carbocycles. The van der Waals surface area contributed by atoms with Crippen molar-refractivity contribution in [1.82, 2.24) is 15.3 Å². The Hall–Kier alpha value is -2.34. The van der Waals surface area contributed by atoms with Crippen molar-refractivity contribution in [3.8, 4) is 0 Å². The molecule has 0 bridgehead atoms. The molecule has 0 radical (unpaired) electrons. The molecule has 0 aliphatic carbocycles. The topological polar surface area (TPSA) is 64.1 Å². The Balaban J connectivity index is 1.48. The number of amides is 1. The SMILES string of the molecule is C[C@@]1(c2ncc(CNC(=O)CCc3ccccc3F)cn2)CCCCO1. The average Bonchev–Trinajstić information content (AvgIpc) is 2.67. The molecule has 0 saturated carbocycles. The third-order valence-corrected chi connectivity index (χ3v) is 4.72. The summed E-state index contributed by atoms with van der Waals surface area (Å²) in [4.78, 5) is 20.8. The van der Waals surface area contributed by atoms with E-state index in [-0.39, 0.29) is 18.1 Å². The number of rotatable bonds is 6. The summed E-state index contributed by atoms with van der Waals surface area (Å²) in [5.74, 6) is 0.287. The first-order valence-electron chi connectivity index (χ1n) is 9.02. The van der Waals surface area contributed by atoms with Crippen LogP contribution in [0.4, 0.5) is 4.39 Å². The maximum absolute atomic E-state index is 13.6. The summed E-state index contributed by atoms with van der Waals surface area (Å²) >= 11 is 0. The van der Waals surface area contributed by atoms with Crippen LogP contribution in [0.25, 0.3) is 0 Å². The predicted octanol–water partition coefficient (Wildman–Crippen LogP) is 3.28. The largest absolute Gasteiger partial charge is 0.367 e. The van der Waals surface area contributed by atoms with Crippen LogP contribution in [0.5, 0.6) is 0 Å². The van der Waals surface area contributed by atoms with Gasteiger partial charge in [-0.2, -0.15) is 0 Å². The van der Waals surface area contributed by atoms with Crippen molar-refractivity contribution >= 4 is 5.91 Å². The Morgan fingerprint density at radius 1 is 1.27 bits per heavy atom. The summed E-state index contributed by atoms with van der Waals surface area (Å²) < 4.78 is 19.4. The summed E-state index contributed by atoms with van der Waals surface area (Å²) in [6.45, 7) is 3.11. The molecular weight excluding hydrogens is 333 g/mol. The molecule has 0 spiro atoms. The molecule has 1 aliphatic rings. The number of halogens is 1. The van der Waals surface area contributed by atoms with E-state index >= 15 is 0 Å². The van der Waals surface area contributed by atoms with Gasteiger partial charge >= 0.3 is 0 Å². The Kier molecular flexibility index (Phi) is 5.93. The average molecular weight is 357 g/mol. The van der Waals surface area contributed by atoms with Crippen LogP contribution in [0.3, 0.4) is 0 Å². The number of hydrogen-bond donors (Lipinski definition) is 1. The van der Waals surface area contributed by atoms with Gasteiger partial charge in [0.1, 0.15) is 11.4 Å². The third-order valence-electron chi connectivity index (χ3n) is 4.72. The van der Waals surface area contributed by atoms with Gasteiger partial charge in [-0.3, -0.25) is 4.79 Å². The van der Waals surface area contributed by atoms with E-state index in [1.165, 1.54) is 6.07 Å². The Bertz CT molecular complexity index is 743. The molecule has 1 N–H and O–H groups in total. The molecule has 1 aliphatic heterocycles. The first kappa shape index (κ1) is 18.5. The van der Waals surface area contributed by atoms with Crippen LogP contribution in [-0.4, -0.2) is 22.5 Å². The smallest absolute Gasteiger partial charge is 0.220 e. The zero-order valence-corrected chi connectivity index (χ0v) is 15.0. The van der Waals surface area contributed by atoms with Gasteiger partial charge in [-0.25, -0.2) is 14.4 Å². The van der Waals surface area contributed by atoms with E-state index in [0.29, 0.717) is 24.4 Å². The lowest BCUT2D eigenvalue weighted by molar-refractivity contribution is -0.121. The van der Waals surface area contributed by atoms with Gasteiger partial charge in [0.15, 0.2) is 5.82 Å². The van der Waals surface area contributed by atoms with Crippen LogP contribution >= 0.6 is 0 Å². The fourth-order valence-corrected chi connectivity index (χ4v) is 3.07. The van der Waals surface area contributed by atoms with Crippen molar-refractivity contribution < 1.29 is 13.9 Å². The van der Waals surface area contributed by atoms with Gasteiger partial charge in [0, 0.05) is 37.5 Å². The highest BCUT2D eigenvalue weighted by Crippen LogP contribution is 2.32. The summed E-state index contributed by atoms with van der Waals surface area (Å²) in [5, 5.41) is 2.82.